The van der Waals surface area contributed by atoms with Gasteiger partial charge in [0, 0.05) is 5.56 Å². The summed E-state index contributed by atoms with van der Waals surface area (Å²) < 4.78 is 48.2. The van der Waals surface area contributed by atoms with Crippen LogP contribution in [0.15, 0.2) is 54.7 Å². The maximum Gasteiger partial charge on any atom is 0.573 e. The van der Waals surface area contributed by atoms with Crippen LogP contribution in [0.1, 0.15) is 5.56 Å². The zero-order chi connectivity index (χ0) is 21.3. The highest BCUT2D eigenvalue weighted by molar-refractivity contribution is 6.33. The van der Waals surface area contributed by atoms with Crippen LogP contribution in [0.4, 0.5) is 13.2 Å². The molecule has 0 saturated carbocycles. The van der Waals surface area contributed by atoms with E-state index in [1.165, 1.54) is 18.2 Å². The zero-order valence-corrected chi connectivity index (χ0v) is 16.3. The van der Waals surface area contributed by atoms with Crippen LogP contribution in [0.25, 0.3) is 22.4 Å². The van der Waals surface area contributed by atoms with Crippen LogP contribution >= 0.6 is 11.6 Å². The smallest absolute Gasteiger partial charge is 0.497 e. The highest BCUT2D eigenvalue weighted by Crippen LogP contribution is 2.29. The van der Waals surface area contributed by atoms with Gasteiger partial charge in [0.05, 0.1) is 19.9 Å². The summed E-state index contributed by atoms with van der Waals surface area (Å²) in [6.07, 6.45) is -3.09. The molecule has 0 aliphatic carbocycles. The number of aromatic nitrogens is 4. The number of benzene rings is 2. The Morgan fingerprint density at radius 1 is 1.03 bits per heavy atom. The van der Waals surface area contributed by atoms with Crippen LogP contribution in [-0.4, -0.2) is 33.2 Å². The number of hydrogen-bond acceptors (Lipinski definition) is 5. The lowest BCUT2D eigenvalue weighted by molar-refractivity contribution is -0.274. The monoisotopic (exact) mass is 434 g/mol. The SMILES string of the molecule is COc1ccc(Cn2cc3nc(-c4cccc(OC(F)(F)F)c4)nc(Cl)c3n2)cc1. The minimum absolute atomic E-state index is 0.102. The van der Waals surface area contributed by atoms with Crippen molar-refractivity contribution in [2.45, 2.75) is 12.9 Å². The third kappa shape index (κ3) is 4.46. The molecule has 0 aliphatic rings. The van der Waals surface area contributed by atoms with E-state index < -0.39 is 6.36 Å². The molecule has 2 aromatic carbocycles. The molecule has 30 heavy (non-hydrogen) atoms. The van der Waals surface area contributed by atoms with Crippen molar-refractivity contribution in [3.8, 4) is 22.9 Å². The van der Waals surface area contributed by atoms with Crippen molar-refractivity contribution in [2.75, 3.05) is 7.11 Å². The van der Waals surface area contributed by atoms with E-state index in [-0.39, 0.29) is 16.7 Å². The van der Waals surface area contributed by atoms with Gasteiger partial charge in [-0.25, -0.2) is 9.97 Å². The normalized spacial score (nSPS) is 11.6. The summed E-state index contributed by atoms with van der Waals surface area (Å²) in [4.78, 5) is 8.58. The fourth-order valence-corrected chi connectivity index (χ4v) is 3.10. The van der Waals surface area contributed by atoms with Gasteiger partial charge in [0.1, 0.15) is 22.5 Å². The standard InChI is InChI=1S/C20H14ClF3N4O2/c1-29-14-7-5-12(6-8-14)10-28-11-16-17(27-28)18(21)26-19(25-16)13-3-2-4-15(9-13)30-20(22,23)24/h2-9,11H,10H2,1H3. The first-order valence-corrected chi connectivity index (χ1v) is 9.08. The first-order valence-electron chi connectivity index (χ1n) is 8.70. The van der Waals surface area contributed by atoms with E-state index in [0.717, 1.165) is 11.3 Å². The van der Waals surface area contributed by atoms with Gasteiger partial charge in [0.2, 0.25) is 0 Å². The fraction of sp³-hybridized carbons (Fsp3) is 0.150. The minimum atomic E-state index is -4.79. The molecule has 0 atom stereocenters. The first kappa shape index (κ1) is 20.0. The Morgan fingerprint density at radius 3 is 2.50 bits per heavy atom. The third-order valence-corrected chi connectivity index (χ3v) is 4.46. The number of fused-ring (bicyclic) bond motifs is 1. The number of methoxy groups -OCH3 is 1. The molecule has 10 heteroatoms. The van der Waals surface area contributed by atoms with Crippen LogP contribution in [0, 0.1) is 0 Å². The molecule has 4 rings (SSSR count). The fourth-order valence-electron chi connectivity index (χ4n) is 2.89. The number of nitrogens with zero attached hydrogens (tertiary/aromatic N) is 4. The number of rotatable bonds is 5. The second-order valence-electron chi connectivity index (χ2n) is 6.32. The Labute approximate surface area is 173 Å². The van der Waals surface area contributed by atoms with Gasteiger partial charge in [-0.3, -0.25) is 4.68 Å². The van der Waals surface area contributed by atoms with Gasteiger partial charge in [0.15, 0.2) is 11.0 Å². The van der Waals surface area contributed by atoms with Crippen molar-refractivity contribution in [2.24, 2.45) is 0 Å². The molecule has 0 N–H and O–H groups in total. The van der Waals surface area contributed by atoms with Gasteiger partial charge in [-0.05, 0) is 29.8 Å². The molecule has 0 spiro atoms. The highest BCUT2D eigenvalue weighted by atomic mass is 35.5. The topological polar surface area (TPSA) is 62.1 Å². The van der Waals surface area contributed by atoms with Gasteiger partial charge in [-0.1, -0.05) is 35.9 Å². The first-order chi connectivity index (χ1) is 14.3. The zero-order valence-electron chi connectivity index (χ0n) is 15.5. The summed E-state index contributed by atoms with van der Waals surface area (Å²) >= 11 is 6.26. The van der Waals surface area contributed by atoms with E-state index in [0.29, 0.717) is 23.1 Å². The Balaban J connectivity index is 1.64. The van der Waals surface area contributed by atoms with Crippen molar-refractivity contribution in [3.05, 3.63) is 65.4 Å². The summed E-state index contributed by atoms with van der Waals surface area (Å²) in [6, 6.07) is 12.9. The molecular weight excluding hydrogens is 421 g/mol. The van der Waals surface area contributed by atoms with Gasteiger partial charge in [0.25, 0.3) is 0 Å². The van der Waals surface area contributed by atoms with Crippen molar-refractivity contribution in [1.82, 2.24) is 19.7 Å². The molecule has 2 aromatic heterocycles. The molecule has 2 heterocycles. The number of halogens is 4. The van der Waals surface area contributed by atoms with Crippen molar-refractivity contribution >= 4 is 22.6 Å². The summed E-state index contributed by atoms with van der Waals surface area (Å²) in [7, 11) is 1.60. The largest absolute Gasteiger partial charge is 0.573 e. The third-order valence-electron chi connectivity index (χ3n) is 4.20. The molecule has 0 saturated heterocycles. The van der Waals surface area contributed by atoms with E-state index in [9.17, 15) is 13.2 Å². The molecule has 4 aromatic rings. The van der Waals surface area contributed by atoms with E-state index in [1.54, 1.807) is 24.1 Å². The van der Waals surface area contributed by atoms with E-state index in [2.05, 4.69) is 19.8 Å². The van der Waals surface area contributed by atoms with Crippen LogP contribution in [0.2, 0.25) is 5.15 Å². The quantitative estimate of drug-likeness (QED) is 0.409. The molecule has 0 radical (unpaired) electrons. The van der Waals surface area contributed by atoms with Crippen LogP contribution in [0.5, 0.6) is 11.5 Å². The summed E-state index contributed by atoms with van der Waals surface area (Å²) in [5.74, 6) is 0.554. The van der Waals surface area contributed by atoms with E-state index >= 15 is 0 Å². The summed E-state index contributed by atoms with van der Waals surface area (Å²) in [5.41, 5.74) is 2.20. The summed E-state index contributed by atoms with van der Waals surface area (Å²) in [6.45, 7) is 0.473. The lowest BCUT2D eigenvalue weighted by atomic mass is 10.2. The lowest BCUT2D eigenvalue weighted by Crippen LogP contribution is -2.17. The van der Waals surface area contributed by atoms with Crippen LogP contribution in [-0.2, 0) is 6.54 Å². The maximum atomic E-state index is 12.5. The lowest BCUT2D eigenvalue weighted by Gasteiger charge is -2.09. The number of hydrogen-bond donors (Lipinski definition) is 0. The number of ether oxygens (including phenoxy) is 2. The average Bonchev–Trinajstić information content (AvgIpc) is 3.10. The Hall–Kier alpha value is -3.33. The Bertz CT molecular complexity index is 1190. The van der Waals surface area contributed by atoms with E-state index in [4.69, 9.17) is 16.3 Å². The minimum Gasteiger partial charge on any atom is -0.497 e. The van der Waals surface area contributed by atoms with Crippen LogP contribution in [0.3, 0.4) is 0 Å². The Morgan fingerprint density at radius 2 is 1.80 bits per heavy atom. The molecule has 6 nitrogen and oxygen atoms in total. The van der Waals surface area contributed by atoms with Gasteiger partial charge in [-0.2, -0.15) is 5.10 Å². The highest BCUT2D eigenvalue weighted by Gasteiger charge is 2.31. The second-order valence-corrected chi connectivity index (χ2v) is 6.68. The molecule has 0 amide bonds. The van der Waals surface area contributed by atoms with Crippen molar-refractivity contribution in [1.29, 1.82) is 0 Å². The molecule has 0 fully saturated rings. The summed E-state index contributed by atoms with van der Waals surface area (Å²) in [5, 5.41) is 4.51. The molecule has 0 bridgehead atoms. The van der Waals surface area contributed by atoms with Gasteiger partial charge in [-0.15, -0.1) is 13.2 Å². The predicted octanol–water partition coefficient (Wildman–Crippen LogP) is 5.10. The van der Waals surface area contributed by atoms with E-state index in [1.807, 2.05) is 24.3 Å². The predicted molar refractivity (Wildman–Crippen MR) is 105 cm³/mol. The second kappa shape index (κ2) is 7.83. The maximum absolute atomic E-state index is 12.5. The average molecular weight is 435 g/mol. The Kier molecular flexibility index (Phi) is 5.21. The van der Waals surface area contributed by atoms with Gasteiger partial charge >= 0.3 is 6.36 Å². The molecular formula is C20H14ClF3N4O2. The molecule has 154 valence electrons. The van der Waals surface area contributed by atoms with Crippen LogP contribution < -0.4 is 9.47 Å². The number of alkyl halides is 3. The van der Waals surface area contributed by atoms with Gasteiger partial charge < -0.3 is 9.47 Å². The van der Waals surface area contributed by atoms with Crippen molar-refractivity contribution < 1.29 is 22.6 Å². The van der Waals surface area contributed by atoms with Crippen molar-refractivity contribution in [3.63, 3.8) is 0 Å². The molecule has 0 aliphatic heterocycles. The molecule has 0 unspecified atom stereocenters.